The molecule has 0 bridgehead atoms. The summed E-state index contributed by atoms with van der Waals surface area (Å²) in [5, 5.41) is 3.72. The summed E-state index contributed by atoms with van der Waals surface area (Å²) in [4.78, 5) is 16.6. The van der Waals surface area contributed by atoms with Crippen LogP contribution < -0.4 is 0 Å². The Balaban J connectivity index is 2.78. The Morgan fingerprint density at radius 2 is 2.11 bits per heavy atom. The molecule has 0 saturated carbocycles. The van der Waals surface area contributed by atoms with Gasteiger partial charge < -0.3 is 9.64 Å². The standard InChI is InChI=1S/C12H22N4O2/c1-8(2)10-6-9(14-15-13)7-16(10)11(17)18-12(3,4)5/h8-10H,6-7H2,1-5H3/t9-,10-/m1/s1. The van der Waals surface area contributed by atoms with Gasteiger partial charge in [-0.25, -0.2) is 4.79 Å². The summed E-state index contributed by atoms with van der Waals surface area (Å²) in [7, 11) is 0. The van der Waals surface area contributed by atoms with Crippen LogP contribution in [0, 0.1) is 5.92 Å². The maximum atomic E-state index is 12.1. The largest absolute Gasteiger partial charge is 0.444 e. The second-order valence-corrected chi connectivity index (χ2v) is 6.04. The number of likely N-dealkylation sites (tertiary alicyclic amines) is 1. The Kier molecular flexibility index (Phi) is 4.46. The number of azide groups is 1. The lowest BCUT2D eigenvalue weighted by Crippen LogP contribution is -2.42. The lowest BCUT2D eigenvalue weighted by Gasteiger charge is -2.30. The quantitative estimate of drug-likeness (QED) is 0.430. The fourth-order valence-corrected chi connectivity index (χ4v) is 2.16. The van der Waals surface area contributed by atoms with Gasteiger partial charge in [-0.15, -0.1) is 0 Å². The highest BCUT2D eigenvalue weighted by Gasteiger charge is 2.38. The predicted molar refractivity (Wildman–Crippen MR) is 69.1 cm³/mol. The Morgan fingerprint density at radius 1 is 1.50 bits per heavy atom. The minimum Gasteiger partial charge on any atom is -0.444 e. The average molecular weight is 254 g/mol. The van der Waals surface area contributed by atoms with E-state index in [0.717, 1.165) is 0 Å². The number of nitrogens with zero attached hydrogens (tertiary/aromatic N) is 4. The minimum absolute atomic E-state index is 0.0790. The van der Waals surface area contributed by atoms with E-state index in [9.17, 15) is 4.79 Å². The first kappa shape index (κ1) is 14.6. The van der Waals surface area contributed by atoms with Crippen LogP contribution in [0.15, 0.2) is 5.11 Å². The molecular formula is C12H22N4O2. The zero-order valence-electron chi connectivity index (χ0n) is 11.8. The molecule has 0 aromatic rings. The maximum Gasteiger partial charge on any atom is 0.410 e. The number of rotatable bonds is 2. The predicted octanol–water partition coefficient (Wildman–Crippen LogP) is 3.33. The van der Waals surface area contributed by atoms with Crippen LogP contribution in [-0.4, -0.2) is 35.2 Å². The number of carbonyl (C=O) groups excluding carboxylic acids is 1. The molecule has 1 heterocycles. The summed E-state index contributed by atoms with van der Waals surface area (Å²) < 4.78 is 5.38. The SMILES string of the molecule is CC(C)[C@H]1C[C@@H](N=[N+]=[N-])CN1C(=O)OC(C)(C)C. The fourth-order valence-electron chi connectivity index (χ4n) is 2.16. The number of ether oxygens (including phenoxy) is 1. The second-order valence-electron chi connectivity index (χ2n) is 6.04. The molecule has 102 valence electrons. The molecule has 1 aliphatic heterocycles. The Bertz CT molecular complexity index is 356. The van der Waals surface area contributed by atoms with Gasteiger partial charge in [0.2, 0.25) is 0 Å². The fraction of sp³-hybridized carbons (Fsp3) is 0.917. The van der Waals surface area contributed by atoms with E-state index < -0.39 is 5.60 Å². The van der Waals surface area contributed by atoms with Gasteiger partial charge in [-0.1, -0.05) is 19.0 Å². The maximum absolute atomic E-state index is 12.1. The van der Waals surface area contributed by atoms with E-state index in [4.69, 9.17) is 10.3 Å². The van der Waals surface area contributed by atoms with E-state index in [0.29, 0.717) is 18.9 Å². The van der Waals surface area contributed by atoms with Gasteiger partial charge in [-0.3, -0.25) is 0 Å². The average Bonchev–Trinajstić information content (AvgIpc) is 2.59. The highest BCUT2D eigenvalue weighted by atomic mass is 16.6. The molecule has 1 saturated heterocycles. The second kappa shape index (κ2) is 5.48. The van der Waals surface area contributed by atoms with Crippen molar-refractivity contribution in [3.8, 4) is 0 Å². The molecule has 1 aliphatic rings. The van der Waals surface area contributed by atoms with Gasteiger partial charge in [0.25, 0.3) is 0 Å². The summed E-state index contributed by atoms with van der Waals surface area (Å²) in [5.41, 5.74) is 7.98. The number of hydrogen-bond acceptors (Lipinski definition) is 3. The molecule has 1 amide bonds. The summed E-state index contributed by atoms with van der Waals surface area (Å²) in [6.07, 6.45) is 0.387. The Labute approximate surface area is 108 Å². The van der Waals surface area contributed by atoms with Crippen LogP contribution in [0.2, 0.25) is 0 Å². The molecule has 6 nitrogen and oxygen atoms in total. The lowest BCUT2D eigenvalue weighted by molar-refractivity contribution is 0.0189. The molecular weight excluding hydrogens is 232 g/mol. The van der Waals surface area contributed by atoms with E-state index >= 15 is 0 Å². The van der Waals surface area contributed by atoms with Crippen LogP contribution >= 0.6 is 0 Å². The van der Waals surface area contributed by atoms with Crippen LogP contribution in [0.3, 0.4) is 0 Å². The number of hydrogen-bond donors (Lipinski definition) is 0. The third kappa shape index (κ3) is 3.81. The van der Waals surface area contributed by atoms with Crippen molar-refractivity contribution in [3.05, 3.63) is 10.4 Å². The molecule has 0 aromatic carbocycles. The molecule has 0 unspecified atom stereocenters. The highest BCUT2D eigenvalue weighted by Crippen LogP contribution is 2.27. The zero-order chi connectivity index (χ0) is 13.9. The Hall–Kier alpha value is -1.42. The van der Waals surface area contributed by atoms with Crippen molar-refractivity contribution >= 4 is 6.09 Å². The van der Waals surface area contributed by atoms with Crippen molar-refractivity contribution in [1.29, 1.82) is 0 Å². The molecule has 0 N–H and O–H groups in total. The van der Waals surface area contributed by atoms with E-state index in [1.165, 1.54) is 0 Å². The lowest BCUT2D eigenvalue weighted by atomic mass is 10.0. The van der Waals surface area contributed by atoms with E-state index in [2.05, 4.69) is 23.9 Å². The summed E-state index contributed by atoms with van der Waals surface area (Å²) in [6.45, 7) is 10.1. The van der Waals surface area contributed by atoms with Crippen LogP contribution in [0.1, 0.15) is 41.0 Å². The van der Waals surface area contributed by atoms with Crippen molar-refractivity contribution in [2.24, 2.45) is 11.0 Å². The van der Waals surface area contributed by atoms with Crippen molar-refractivity contribution in [1.82, 2.24) is 4.90 Å². The minimum atomic E-state index is -0.505. The van der Waals surface area contributed by atoms with Crippen molar-refractivity contribution in [3.63, 3.8) is 0 Å². The normalized spacial score (nSPS) is 24.0. The van der Waals surface area contributed by atoms with E-state index in [-0.39, 0.29) is 18.2 Å². The van der Waals surface area contributed by atoms with Gasteiger partial charge in [0, 0.05) is 17.5 Å². The van der Waals surface area contributed by atoms with E-state index in [1.54, 1.807) is 4.90 Å². The molecule has 2 atom stereocenters. The number of carbonyl (C=O) groups is 1. The summed E-state index contributed by atoms with van der Waals surface area (Å²) in [6, 6.07) is -0.0646. The van der Waals surface area contributed by atoms with Gasteiger partial charge in [0.15, 0.2) is 0 Å². The molecule has 0 aromatic heterocycles. The summed E-state index contributed by atoms with van der Waals surface area (Å²) in [5.74, 6) is 0.316. The molecule has 18 heavy (non-hydrogen) atoms. The van der Waals surface area contributed by atoms with Crippen LogP contribution in [-0.2, 0) is 4.74 Å². The topological polar surface area (TPSA) is 78.3 Å². The third-order valence-corrected chi connectivity index (χ3v) is 2.93. The van der Waals surface area contributed by atoms with Gasteiger partial charge >= 0.3 is 6.09 Å². The molecule has 0 aliphatic carbocycles. The van der Waals surface area contributed by atoms with E-state index in [1.807, 2.05) is 20.8 Å². The van der Waals surface area contributed by atoms with Gasteiger partial charge in [0.05, 0.1) is 6.04 Å². The molecule has 0 spiro atoms. The van der Waals surface area contributed by atoms with Gasteiger partial charge in [-0.2, -0.15) is 0 Å². The summed E-state index contributed by atoms with van der Waals surface area (Å²) >= 11 is 0. The highest BCUT2D eigenvalue weighted by molar-refractivity contribution is 5.69. The first-order chi connectivity index (χ1) is 8.24. The van der Waals surface area contributed by atoms with Crippen LogP contribution in [0.25, 0.3) is 10.4 Å². The smallest absolute Gasteiger partial charge is 0.410 e. The van der Waals surface area contributed by atoms with Crippen LogP contribution in [0.5, 0.6) is 0 Å². The third-order valence-electron chi connectivity index (χ3n) is 2.93. The van der Waals surface area contributed by atoms with Gasteiger partial charge in [0.1, 0.15) is 5.60 Å². The van der Waals surface area contributed by atoms with Crippen LogP contribution in [0.4, 0.5) is 4.79 Å². The van der Waals surface area contributed by atoms with Gasteiger partial charge in [-0.05, 0) is 38.6 Å². The first-order valence-corrected chi connectivity index (χ1v) is 6.28. The van der Waals surface area contributed by atoms with Crippen molar-refractivity contribution in [2.75, 3.05) is 6.54 Å². The molecule has 1 fully saturated rings. The monoisotopic (exact) mass is 254 g/mol. The van der Waals surface area contributed by atoms with Crippen molar-refractivity contribution in [2.45, 2.75) is 58.7 Å². The number of amides is 1. The first-order valence-electron chi connectivity index (χ1n) is 6.28. The van der Waals surface area contributed by atoms with Crippen molar-refractivity contribution < 1.29 is 9.53 Å². The molecule has 6 heteroatoms. The zero-order valence-corrected chi connectivity index (χ0v) is 11.8. The molecule has 1 rings (SSSR count). The molecule has 0 radical (unpaired) electrons. The Morgan fingerprint density at radius 3 is 2.56 bits per heavy atom.